The summed E-state index contributed by atoms with van der Waals surface area (Å²) in [5, 5.41) is 0. The van der Waals surface area contributed by atoms with E-state index in [1.807, 2.05) is 25.1 Å². The Bertz CT molecular complexity index is 360. The van der Waals surface area contributed by atoms with Crippen LogP contribution in [0.4, 0.5) is 5.82 Å². The number of carbonyl (C=O) groups excluding carboxylic acids is 1. The molecule has 0 radical (unpaired) electrons. The Labute approximate surface area is 102 Å². The molecule has 0 atom stereocenters. The van der Waals surface area contributed by atoms with Crippen LogP contribution < -0.4 is 4.90 Å². The van der Waals surface area contributed by atoms with E-state index in [1.54, 1.807) is 11.1 Å². The second-order valence-electron chi connectivity index (χ2n) is 4.31. The highest BCUT2D eigenvalue weighted by atomic mass is 16.2. The summed E-state index contributed by atoms with van der Waals surface area (Å²) in [6.45, 7) is 5.27. The molecule has 1 aromatic heterocycles. The number of aromatic nitrogens is 1. The second kappa shape index (κ2) is 5.77. The third-order valence-corrected chi connectivity index (χ3v) is 3.10. The fourth-order valence-corrected chi connectivity index (χ4v) is 2.20. The fourth-order valence-electron chi connectivity index (χ4n) is 2.20. The van der Waals surface area contributed by atoms with Gasteiger partial charge in [-0.15, -0.1) is 0 Å². The van der Waals surface area contributed by atoms with Crippen molar-refractivity contribution in [1.82, 2.24) is 9.88 Å². The zero-order valence-electron chi connectivity index (χ0n) is 10.3. The molecule has 0 spiro atoms. The van der Waals surface area contributed by atoms with Crippen molar-refractivity contribution in [2.24, 2.45) is 0 Å². The predicted octanol–water partition coefficient (Wildman–Crippen LogP) is 1.53. The van der Waals surface area contributed by atoms with Crippen LogP contribution >= 0.6 is 0 Å². The molecule has 1 fully saturated rings. The molecule has 92 valence electrons. The van der Waals surface area contributed by atoms with E-state index in [2.05, 4.69) is 9.88 Å². The number of hydrogen-bond donors (Lipinski definition) is 0. The normalized spacial score (nSPS) is 16.1. The summed E-state index contributed by atoms with van der Waals surface area (Å²) < 4.78 is 0. The van der Waals surface area contributed by atoms with Gasteiger partial charge in [0.2, 0.25) is 5.91 Å². The van der Waals surface area contributed by atoms with E-state index < -0.39 is 0 Å². The average molecular weight is 233 g/mol. The standard InChI is InChI=1S/C13H19N3O/c1-2-16(12-7-3-4-8-14-12)13(17)11-15-9-5-6-10-15/h3-4,7-8H,2,5-6,9-11H2,1H3. The molecular formula is C13H19N3O. The van der Waals surface area contributed by atoms with Gasteiger partial charge in [-0.2, -0.15) is 0 Å². The van der Waals surface area contributed by atoms with Crippen LogP contribution in [0.15, 0.2) is 24.4 Å². The quantitative estimate of drug-likeness (QED) is 0.791. The van der Waals surface area contributed by atoms with Gasteiger partial charge in [0.05, 0.1) is 6.54 Å². The van der Waals surface area contributed by atoms with Gasteiger partial charge >= 0.3 is 0 Å². The Hall–Kier alpha value is -1.42. The summed E-state index contributed by atoms with van der Waals surface area (Å²) in [5.41, 5.74) is 0. The van der Waals surface area contributed by atoms with Crippen molar-refractivity contribution in [3.05, 3.63) is 24.4 Å². The van der Waals surface area contributed by atoms with Crippen molar-refractivity contribution in [1.29, 1.82) is 0 Å². The molecule has 2 rings (SSSR count). The molecule has 1 aromatic rings. The number of anilines is 1. The van der Waals surface area contributed by atoms with Crippen molar-refractivity contribution >= 4 is 11.7 Å². The molecule has 0 aromatic carbocycles. The van der Waals surface area contributed by atoms with Crippen molar-refractivity contribution < 1.29 is 4.79 Å². The highest BCUT2D eigenvalue weighted by Gasteiger charge is 2.20. The summed E-state index contributed by atoms with van der Waals surface area (Å²) in [5.74, 6) is 0.896. The number of hydrogen-bond acceptors (Lipinski definition) is 3. The number of likely N-dealkylation sites (N-methyl/N-ethyl adjacent to an activating group) is 1. The Morgan fingerprint density at radius 3 is 2.76 bits per heavy atom. The predicted molar refractivity (Wildman–Crippen MR) is 67.9 cm³/mol. The van der Waals surface area contributed by atoms with E-state index >= 15 is 0 Å². The van der Waals surface area contributed by atoms with E-state index in [1.165, 1.54) is 12.8 Å². The molecule has 2 heterocycles. The van der Waals surface area contributed by atoms with Gasteiger partial charge in [-0.25, -0.2) is 4.98 Å². The van der Waals surface area contributed by atoms with Gasteiger partial charge < -0.3 is 0 Å². The number of likely N-dealkylation sites (tertiary alicyclic amines) is 1. The Morgan fingerprint density at radius 1 is 1.41 bits per heavy atom. The Kier molecular flexibility index (Phi) is 4.09. The van der Waals surface area contributed by atoms with Crippen LogP contribution in [0.5, 0.6) is 0 Å². The van der Waals surface area contributed by atoms with Crippen LogP contribution in [-0.2, 0) is 4.79 Å². The van der Waals surface area contributed by atoms with Gasteiger partial charge in [-0.05, 0) is 45.0 Å². The maximum absolute atomic E-state index is 12.2. The van der Waals surface area contributed by atoms with Crippen LogP contribution in [0.1, 0.15) is 19.8 Å². The summed E-state index contributed by atoms with van der Waals surface area (Å²) in [6, 6.07) is 5.65. The lowest BCUT2D eigenvalue weighted by Gasteiger charge is -2.23. The Morgan fingerprint density at radius 2 is 2.18 bits per heavy atom. The maximum Gasteiger partial charge on any atom is 0.242 e. The van der Waals surface area contributed by atoms with Crippen LogP contribution in [0.25, 0.3) is 0 Å². The van der Waals surface area contributed by atoms with E-state index in [0.29, 0.717) is 13.1 Å². The van der Waals surface area contributed by atoms with Gasteiger partial charge in [-0.3, -0.25) is 14.6 Å². The zero-order valence-corrected chi connectivity index (χ0v) is 10.3. The maximum atomic E-state index is 12.2. The topological polar surface area (TPSA) is 36.4 Å². The number of pyridine rings is 1. The lowest BCUT2D eigenvalue weighted by molar-refractivity contribution is -0.119. The van der Waals surface area contributed by atoms with Gasteiger partial charge in [-0.1, -0.05) is 6.07 Å². The summed E-state index contributed by atoms with van der Waals surface area (Å²) in [6.07, 6.45) is 4.15. The molecule has 1 aliphatic heterocycles. The molecule has 0 saturated carbocycles. The highest BCUT2D eigenvalue weighted by Crippen LogP contribution is 2.12. The summed E-state index contributed by atoms with van der Waals surface area (Å²) >= 11 is 0. The largest absolute Gasteiger partial charge is 0.296 e. The van der Waals surface area contributed by atoms with Crippen molar-refractivity contribution in [3.63, 3.8) is 0 Å². The molecule has 1 saturated heterocycles. The molecule has 0 bridgehead atoms. The molecule has 1 aliphatic rings. The molecular weight excluding hydrogens is 214 g/mol. The highest BCUT2D eigenvalue weighted by molar-refractivity contribution is 5.93. The van der Waals surface area contributed by atoms with Crippen LogP contribution in [-0.4, -0.2) is 42.0 Å². The molecule has 17 heavy (non-hydrogen) atoms. The minimum atomic E-state index is 0.146. The average Bonchev–Trinajstić information content (AvgIpc) is 2.84. The molecule has 0 N–H and O–H groups in total. The van der Waals surface area contributed by atoms with Gasteiger partial charge in [0, 0.05) is 12.7 Å². The van der Waals surface area contributed by atoms with Crippen LogP contribution in [0.3, 0.4) is 0 Å². The first kappa shape index (κ1) is 12.0. The fraction of sp³-hybridized carbons (Fsp3) is 0.538. The van der Waals surface area contributed by atoms with Gasteiger partial charge in [0.1, 0.15) is 5.82 Å². The molecule has 1 amide bonds. The van der Waals surface area contributed by atoms with E-state index in [-0.39, 0.29) is 5.91 Å². The molecule has 0 unspecified atom stereocenters. The summed E-state index contributed by atoms with van der Waals surface area (Å²) in [4.78, 5) is 20.4. The number of amides is 1. The van der Waals surface area contributed by atoms with Crippen LogP contribution in [0.2, 0.25) is 0 Å². The second-order valence-corrected chi connectivity index (χ2v) is 4.31. The summed E-state index contributed by atoms with van der Waals surface area (Å²) in [7, 11) is 0. The number of nitrogens with zero attached hydrogens (tertiary/aromatic N) is 3. The first-order valence-corrected chi connectivity index (χ1v) is 6.25. The first-order chi connectivity index (χ1) is 8.31. The van der Waals surface area contributed by atoms with Gasteiger partial charge in [0.15, 0.2) is 0 Å². The SMILES string of the molecule is CCN(C(=O)CN1CCCC1)c1ccccn1. The molecule has 4 heteroatoms. The number of rotatable bonds is 4. The monoisotopic (exact) mass is 233 g/mol. The Balaban J connectivity index is 2.00. The van der Waals surface area contributed by atoms with E-state index in [4.69, 9.17) is 0 Å². The molecule has 4 nitrogen and oxygen atoms in total. The minimum absolute atomic E-state index is 0.146. The lowest BCUT2D eigenvalue weighted by Crippen LogP contribution is -2.39. The first-order valence-electron chi connectivity index (χ1n) is 6.25. The van der Waals surface area contributed by atoms with Crippen LogP contribution in [0, 0.1) is 0 Å². The zero-order chi connectivity index (χ0) is 12.1. The van der Waals surface area contributed by atoms with Crippen molar-refractivity contribution in [2.45, 2.75) is 19.8 Å². The van der Waals surface area contributed by atoms with Gasteiger partial charge in [0.25, 0.3) is 0 Å². The van der Waals surface area contributed by atoms with Crippen molar-refractivity contribution in [2.75, 3.05) is 31.1 Å². The third kappa shape index (κ3) is 3.03. The lowest BCUT2D eigenvalue weighted by atomic mass is 10.3. The molecule has 0 aliphatic carbocycles. The smallest absolute Gasteiger partial charge is 0.242 e. The van der Waals surface area contributed by atoms with E-state index in [9.17, 15) is 4.79 Å². The van der Waals surface area contributed by atoms with Crippen molar-refractivity contribution in [3.8, 4) is 0 Å². The third-order valence-electron chi connectivity index (χ3n) is 3.10. The number of carbonyl (C=O) groups is 1. The van der Waals surface area contributed by atoms with E-state index in [0.717, 1.165) is 18.9 Å². The minimum Gasteiger partial charge on any atom is -0.296 e.